The zero-order chi connectivity index (χ0) is 17.6. The highest BCUT2D eigenvalue weighted by Crippen LogP contribution is 2.32. The number of aromatic nitrogens is 2. The van der Waals surface area contributed by atoms with Crippen LogP contribution in [0, 0.1) is 13.8 Å². The lowest BCUT2D eigenvalue weighted by Gasteiger charge is -2.25. The van der Waals surface area contributed by atoms with E-state index in [1.165, 1.54) is 27.7 Å². The number of aliphatic hydroxyl groups is 1. The third-order valence-corrected chi connectivity index (χ3v) is 5.24. The number of nitrogens with zero attached hydrogens (tertiary/aromatic N) is 3. The first kappa shape index (κ1) is 16.3. The topological polar surface area (TPSA) is 41.3 Å². The minimum absolute atomic E-state index is 0.548. The van der Waals surface area contributed by atoms with Crippen LogP contribution in [0.5, 0.6) is 0 Å². The highest BCUT2D eigenvalue weighted by Gasteiger charge is 2.23. The quantitative estimate of drug-likeness (QED) is 0.798. The number of benzene rings is 1. The molecule has 0 radical (unpaired) electrons. The predicted molar refractivity (Wildman–Crippen MR) is 101 cm³/mol. The zero-order valence-corrected chi connectivity index (χ0v) is 15.2. The fourth-order valence-corrected chi connectivity index (χ4v) is 3.95. The normalized spacial score (nSPS) is 16.2. The standard InChI is InChI=1S/C21H25N3O/c1-14-4-5-19-17(9-14)18-12-23(3)7-6-20(18)24(19)13-21(25)16-8-15(2)10-22-11-16/h4-5,8-11,21,25H,6-7,12-13H2,1-3H3. The molecule has 0 amide bonds. The van der Waals surface area contributed by atoms with Crippen LogP contribution in [0.15, 0.2) is 36.7 Å². The summed E-state index contributed by atoms with van der Waals surface area (Å²) in [6.07, 6.45) is 4.07. The van der Waals surface area contributed by atoms with E-state index in [1.807, 2.05) is 19.2 Å². The van der Waals surface area contributed by atoms with E-state index < -0.39 is 6.10 Å². The lowest BCUT2D eigenvalue weighted by Crippen LogP contribution is -2.27. The van der Waals surface area contributed by atoms with Gasteiger partial charge in [-0.25, -0.2) is 0 Å². The summed E-state index contributed by atoms with van der Waals surface area (Å²) >= 11 is 0. The van der Waals surface area contributed by atoms with Crippen molar-refractivity contribution < 1.29 is 5.11 Å². The first-order valence-corrected chi connectivity index (χ1v) is 8.91. The summed E-state index contributed by atoms with van der Waals surface area (Å²) in [5.41, 5.74) is 7.26. The van der Waals surface area contributed by atoms with Gasteiger partial charge in [0.05, 0.1) is 12.6 Å². The molecule has 3 aromatic rings. The Morgan fingerprint density at radius 2 is 2.00 bits per heavy atom. The van der Waals surface area contributed by atoms with Crippen molar-refractivity contribution in [2.75, 3.05) is 13.6 Å². The molecule has 1 aliphatic heterocycles. The second-order valence-electron chi connectivity index (χ2n) is 7.36. The molecule has 130 valence electrons. The van der Waals surface area contributed by atoms with E-state index in [1.54, 1.807) is 6.20 Å². The van der Waals surface area contributed by atoms with Gasteiger partial charge < -0.3 is 14.6 Å². The maximum Gasteiger partial charge on any atom is 0.0983 e. The molecule has 4 rings (SSSR count). The molecule has 1 aliphatic rings. The largest absolute Gasteiger partial charge is 0.386 e. The smallest absolute Gasteiger partial charge is 0.0983 e. The van der Waals surface area contributed by atoms with Crippen LogP contribution in [0.3, 0.4) is 0 Å². The minimum Gasteiger partial charge on any atom is -0.386 e. The van der Waals surface area contributed by atoms with E-state index in [0.29, 0.717) is 6.54 Å². The molecule has 0 bridgehead atoms. The Balaban J connectivity index is 1.79. The van der Waals surface area contributed by atoms with Crippen LogP contribution in [0.25, 0.3) is 10.9 Å². The van der Waals surface area contributed by atoms with Crippen molar-refractivity contribution >= 4 is 10.9 Å². The third kappa shape index (κ3) is 2.96. The Kier molecular flexibility index (Phi) is 4.10. The number of hydrogen-bond acceptors (Lipinski definition) is 3. The highest BCUT2D eigenvalue weighted by atomic mass is 16.3. The van der Waals surface area contributed by atoms with Gasteiger partial charge in [0, 0.05) is 54.1 Å². The van der Waals surface area contributed by atoms with Gasteiger partial charge in [0.15, 0.2) is 0 Å². The van der Waals surface area contributed by atoms with E-state index in [2.05, 4.69) is 46.6 Å². The van der Waals surface area contributed by atoms with Gasteiger partial charge in [-0.15, -0.1) is 0 Å². The van der Waals surface area contributed by atoms with Crippen molar-refractivity contribution in [1.29, 1.82) is 0 Å². The molecule has 0 saturated carbocycles. The summed E-state index contributed by atoms with van der Waals surface area (Å²) in [4.78, 5) is 6.60. The monoisotopic (exact) mass is 335 g/mol. The molecule has 4 heteroatoms. The number of rotatable bonds is 3. The maximum absolute atomic E-state index is 10.8. The van der Waals surface area contributed by atoms with E-state index in [0.717, 1.165) is 30.6 Å². The van der Waals surface area contributed by atoms with Gasteiger partial charge in [-0.2, -0.15) is 0 Å². The number of fused-ring (bicyclic) bond motifs is 3. The minimum atomic E-state index is -0.548. The predicted octanol–water partition coefficient (Wildman–Crippen LogP) is 3.37. The number of hydrogen-bond donors (Lipinski definition) is 1. The van der Waals surface area contributed by atoms with Gasteiger partial charge in [-0.3, -0.25) is 4.98 Å². The van der Waals surface area contributed by atoms with E-state index in [9.17, 15) is 5.11 Å². The molecule has 3 heterocycles. The van der Waals surface area contributed by atoms with Crippen LogP contribution in [0.4, 0.5) is 0 Å². The van der Waals surface area contributed by atoms with Crippen molar-refractivity contribution in [2.24, 2.45) is 0 Å². The molecule has 4 nitrogen and oxygen atoms in total. The second kappa shape index (κ2) is 6.28. The number of pyridine rings is 1. The Bertz CT molecular complexity index is 928. The zero-order valence-electron chi connectivity index (χ0n) is 15.2. The second-order valence-corrected chi connectivity index (χ2v) is 7.36. The summed E-state index contributed by atoms with van der Waals surface area (Å²) in [6.45, 7) is 6.76. The van der Waals surface area contributed by atoms with E-state index >= 15 is 0 Å². The number of aliphatic hydroxyl groups excluding tert-OH is 1. The summed E-state index contributed by atoms with van der Waals surface area (Å²) in [6, 6.07) is 8.66. The van der Waals surface area contributed by atoms with Gasteiger partial charge in [0.25, 0.3) is 0 Å². The number of likely N-dealkylation sites (N-methyl/N-ethyl adjacent to an activating group) is 1. The van der Waals surface area contributed by atoms with Crippen LogP contribution >= 0.6 is 0 Å². The van der Waals surface area contributed by atoms with Gasteiger partial charge in [-0.05, 0) is 44.2 Å². The summed E-state index contributed by atoms with van der Waals surface area (Å²) in [7, 11) is 2.18. The SMILES string of the molecule is Cc1cncc(C(O)Cn2c3c(c4cc(C)ccc42)CN(C)CC3)c1. The Hall–Kier alpha value is -2.17. The van der Waals surface area contributed by atoms with Gasteiger partial charge in [0.1, 0.15) is 0 Å². The molecule has 0 aliphatic carbocycles. The molecule has 25 heavy (non-hydrogen) atoms. The summed E-state index contributed by atoms with van der Waals surface area (Å²) < 4.78 is 2.32. The Labute approximate surface area is 148 Å². The molecule has 2 aromatic heterocycles. The van der Waals surface area contributed by atoms with Crippen LogP contribution in [-0.2, 0) is 19.5 Å². The van der Waals surface area contributed by atoms with Crippen molar-refractivity contribution in [3.8, 4) is 0 Å². The lowest BCUT2D eigenvalue weighted by molar-refractivity contribution is 0.155. The summed E-state index contributed by atoms with van der Waals surface area (Å²) in [5, 5.41) is 12.1. The number of aryl methyl sites for hydroxylation is 2. The first-order valence-electron chi connectivity index (χ1n) is 8.91. The molecule has 0 fully saturated rings. The molecule has 0 spiro atoms. The van der Waals surface area contributed by atoms with E-state index in [-0.39, 0.29) is 0 Å². The Morgan fingerprint density at radius 1 is 1.16 bits per heavy atom. The van der Waals surface area contributed by atoms with Crippen molar-refractivity contribution in [3.63, 3.8) is 0 Å². The molecule has 1 atom stereocenters. The lowest BCUT2D eigenvalue weighted by atomic mass is 10.0. The Morgan fingerprint density at radius 3 is 2.80 bits per heavy atom. The molecule has 0 saturated heterocycles. The van der Waals surface area contributed by atoms with Crippen molar-refractivity contribution in [2.45, 2.75) is 39.5 Å². The fourth-order valence-electron chi connectivity index (χ4n) is 3.95. The van der Waals surface area contributed by atoms with Gasteiger partial charge in [-0.1, -0.05) is 17.7 Å². The van der Waals surface area contributed by atoms with Crippen LogP contribution < -0.4 is 0 Å². The van der Waals surface area contributed by atoms with Crippen LogP contribution in [0.1, 0.15) is 34.1 Å². The third-order valence-electron chi connectivity index (χ3n) is 5.24. The van der Waals surface area contributed by atoms with E-state index in [4.69, 9.17) is 0 Å². The molecule has 1 unspecified atom stereocenters. The molecule has 1 N–H and O–H groups in total. The van der Waals surface area contributed by atoms with Crippen LogP contribution in [0.2, 0.25) is 0 Å². The fraction of sp³-hybridized carbons (Fsp3) is 0.381. The van der Waals surface area contributed by atoms with Gasteiger partial charge >= 0.3 is 0 Å². The van der Waals surface area contributed by atoms with Crippen molar-refractivity contribution in [1.82, 2.24) is 14.5 Å². The maximum atomic E-state index is 10.8. The van der Waals surface area contributed by atoms with Crippen LogP contribution in [-0.4, -0.2) is 33.1 Å². The molecule has 1 aromatic carbocycles. The average Bonchev–Trinajstić information content (AvgIpc) is 2.87. The highest BCUT2D eigenvalue weighted by molar-refractivity contribution is 5.86. The van der Waals surface area contributed by atoms with Crippen molar-refractivity contribution in [3.05, 3.63) is 64.6 Å². The molecular formula is C21H25N3O. The molecular weight excluding hydrogens is 310 g/mol. The van der Waals surface area contributed by atoms with Gasteiger partial charge in [0.2, 0.25) is 0 Å². The first-order chi connectivity index (χ1) is 12.0. The summed E-state index contributed by atoms with van der Waals surface area (Å²) in [5.74, 6) is 0. The average molecular weight is 335 g/mol.